The summed E-state index contributed by atoms with van der Waals surface area (Å²) < 4.78 is 23.0. The third-order valence-electron chi connectivity index (χ3n) is 4.94. The lowest BCUT2D eigenvalue weighted by molar-refractivity contribution is -0.134. The molecule has 23 heavy (non-hydrogen) atoms. The number of amides is 1. The van der Waals surface area contributed by atoms with Gasteiger partial charge in [0.25, 0.3) is 0 Å². The van der Waals surface area contributed by atoms with Crippen molar-refractivity contribution >= 4 is 27.3 Å². The zero-order valence-corrected chi connectivity index (χ0v) is 14.7. The van der Waals surface area contributed by atoms with Crippen LogP contribution in [0.1, 0.15) is 24.8 Å². The Balaban J connectivity index is 1.53. The van der Waals surface area contributed by atoms with E-state index in [2.05, 4.69) is 0 Å². The second kappa shape index (κ2) is 6.81. The Morgan fingerprint density at radius 1 is 1.13 bits per heavy atom. The van der Waals surface area contributed by atoms with Gasteiger partial charge in [-0.1, -0.05) is 23.7 Å². The van der Waals surface area contributed by atoms with Crippen LogP contribution in [0.25, 0.3) is 0 Å². The first-order chi connectivity index (χ1) is 10.9. The van der Waals surface area contributed by atoms with Crippen molar-refractivity contribution in [3.8, 4) is 0 Å². The van der Waals surface area contributed by atoms with Crippen LogP contribution < -0.4 is 0 Å². The fraction of sp³-hybridized carbons (Fsp3) is 0.588. The lowest BCUT2D eigenvalue weighted by Crippen LogP contribution is -2.38. The highest BCUT2D eigenvalue weighted by atomic mass is 35.5. The molecule has 0 aliphatic carbocycles. The number of halogens is 1. The van der Waals surface area contributed by atoms with E-state index in [1.165, 1.54) is 5.56 Å². The molecule has 0 N–H and O–H groups in total. The predicted octanol–water partition coefficient (Wildman–Crippen LogP) is 2.56. The van der Waals surface area contributed by atoms with Crippen molar-refractivity contribution in [3.63, 3.8) is 0 Å². The van der Waals surface area contributed by atoms with Crippen molar-refractivity contribution in [1.29, 1.82) is 0 Å². The summed E-state index contributed by atoms with van der Waals surface area (Å²) in [6.07, 6.45) is 2.94. The molecule has 2 saturated heterocycles. The van der Waals surface area contributed by atoms with Gasteiger partial charge in [0.1, 0.15) is 9.84 Å². The lowest BCUT2D eigenvalue weighted by atomic mass is 9.98. The molecule has 0 aromatic heterocycles. The summed E-state index contributed by atoms with van der Waals surface area (Å²) in [5.74, 6) is 0.843. The zero-order valence-electron chi connectivity index (χ0n) is 13.1. The van der Waals surface area contributed by atoms with Crippen molar-refractivity contribution in [1.82, 2.24) is 4.90 Å². The molecule has 0 spiro atoms. The number of carbonyl (C=O) groups is 1. The number of nitrogens with zero attached hydrogens (tertiary/aromatic N) is 1. The highest BCUT2D eigenvalue weighted by molar-refractivity contribution is 7.91. The molecule has 3 rings (SSSR count). The molecule has 2 aliphatic rings. The Labute approximate surface area is 142 Å². The van der Waals surface area contributed by atoms with E-state index in [1.54, 1.807) is 0 Å². The number of hydrogen-bond acceptors (Lipinski definition) is 3. The maximum atomic E-state index is 12.6. The van der Waals surface area contributed by atoms with Crippen LogP contribution in [0.5, 0.6) is 0 Å². The molecule has 0 bridgehead atoms. The average Bonchev–Trinajstić information content (AvgIpc) is 2.97. The second-order valence-corrected chi connectivity index (χ2v) is 9.44. The van der Waals surface area contributed by atoms with Gasteiger partial charge in [0, 0.05) is 24.0 Å². The van der Waals surface area contributed by atoms with Crippen LogP contribution >= 0.6 is 11.6 Å². The molecule has 1 atom stereocenters. The topological polar surface area (TPSA) is 54.5 Å². The van der Waals surface area contributed by atoms with E-state index >= 15 is 0 Å². The smallest absolute Gasteiger partial charge is 0.225 e. The summed E-state index contributed by atoms with van der Waals surface area (Å²) in [4.78, 5) is 14.5. The number of likely N-dealkylation sites (tertiary alicyclic amines) is 1. The van der Waals surface area contributed by atoms with Gasteiger partial charge in [-0.3, -0.25) is 4.79 Å². The first-order valence-corrected chi connectivity index (χ1v) is 10.4. The molecule has 126 valence electrons. The van der Waals surface area contributed by atoms with Gasteiger partial charge in [0.05, 0.1) is 11.5 Å². The molecule has 1 amide bonds. The first-order valence-electron chi connectivity index (χ1n) is 8.16. The zero-order chi connectivity index (χ0) is 16.4. The van der Waals surface area contributed by atoms with Crippen LogP contribution in [0, 0.1) is 11.8 Å². The van der Waals surface area contributed by atoms with Crippen molar-refractivity contribution in [2.75, 3.05) is 24.6 Å². The number of sulfone groups is 1. The highest BCUT2D eigenvalue weighted by Crippen LogP contribution is 2.26. The number of hydrogen-bond donors (Lipinski definition) is 0. The largest absolute Gasteiger partial charge is 0.342 e. The Bertz CT molecular complexity index is 658. The van der Waals surface area contributed by atoms with Gasteiger partial charge < -0.3 is 4.90 Å². The summed E-state index contributed by atoms with van der Waals surface area (Å²) in [5.41, 5.74) is 1.25. The van der Waals surface area contributed by atoms with Crippen molar-refractivity contribution in [3.05, 3.63) is 34.9 Å². The minimum Gasteiger partial charge on any atom is -0.342 e. The summed E-state index contributed by atoms with van der Waals surface area (Å²) in [6, 6.07) is 7.88. The Morgan fingerprint density at radius 2 is 1.78 bits per heavy atom. The SMILES string of the molecule is O=C(C1CCS(=O)(=O)CC1)N1CCC(Cc2ccc(Cl)cc2)C1. The molecule has 1 aromatic carbocycles. The van der Waals surface area contributed by atoms with Crippen LogP contribution in [0.4, 0.5) is 0 Å². The predicted molar refractivity (Wildman–Crippen MR) is 91.2 cm³/mol. The standard InChI is InChI=1S/C17H22ClNO3S/c18-16-3-1-13(2-4-16)11-14-5-8-19(12-14)17(20)15-6-9-23(21,22)10-7-15/h1-4,14-15H,5-12H2. The fourth-order valence-corrected chi connectivity index (χ4v) is 5.17. The second-order valence-electron chi connectivity index (χ2n) is 6.70. The molecule has 0 radical (unpaired) electrons. The van der Waals surface area contributed by atoms with Gasteiger partial charge >= 0.3 is 0 Å². The van der Waals surface area contributed by atoms with Gasteiger partial charge in [0.15, 0.2) is 0 Å². The Kier molecular flexibility index (Phi) is 4.97. The number of rotatable bonds is 3. The molecule has 0 saturated carbocycles. The minimum atomic E-state index is -2.91. The van der Waals surface area contributed by atoms with Crippen LogP contribution in [0.2, 0.25) is 5.02 Å². The van der Waals surface area contributed by atoms with Crippen LogP contribution in [-0.2, 0) is 21.1 Å². The number of benzene rings is 1. The van der Waals surface area contributed by atoms with Gasteiger partial charge in [-0.2, -0.15) is 0 Å². The van der Waals surface area contributed by atoms with E-state index in [4.69, 9.17) is 11.6 Å². The van der Waals surface area contributed by atoms with E-state index < -0.39 is 9.84 Å². The van der Waals surface area contributed by atoms with E-state index in [1.807, 2.05) is 29.2 Å². The number of carbonyl (C=O) groups excluding carboxylic acids is 1. The monoisotopic (exact) mass is 355 g/mol. The minimum absolute atomic E-state index is 0.104. The Hall–Kier alpha value is -1.07. The lowest BCUT2D eigenvalue weighted by Gasteiger charge is -2.26. The maximum Gasteiger partial charge on any atom is 0.225 e. The Morgan fingerprint density at radius 3 is 2.43 bits per heavy atom. The van der Waals surface area contributed by atoms with E-state index in [-0.39, 0.29) is 23.3 Å². The van der Waals surface area contributed by atoms with Gasteiger partial charge in [-0.05, 0) is 49.3 Å². The third kappa shape index (κ3) is 4.27. The maximum absolute atomic E-state index is 12.6. The quantitative estimate of drug-likeness (QED) is 0.837. The summed E-state index contributed by atoms with van der Waals surface area (Å²) >= 11 is 5.90. The van der Waals surface area contributed by atoms with Crippen molar-refractivity contribution in [2.24, 2.45) is 11.8 Å². The van der Waals surface area contributed by atoms with E-state index in [0.717, 1.165) is 31.0 Å². The van der Waals surface area contributed by atoms with Gasteiger partial charge in [-0.15, -0.1) is 0 Å². The summed E-state index contributed by atoms with van der Waals surface area (Å²) in [7, 11) is -2.91. The fourth-order valence-electron chi connectivity index (χ4n) is 3.55. The first kappa shape index (κ1) is 16.8. The van der Waals surface area contributed by atoms with E-state index in [9.17, 15) is 13.2 Å². The molecule has 4 nitrogen and oxygen atoms in total. The average molecular weight is 356 g/mol. The molecule has 1 aromatic rings. The molecule has 6 heteroatoms. The van der Waals surface area contributed by atoms with E-state index in [0.29, 0.717) is 18.8 Å². The molecule has 1 unspecified atom stereocenters. The molecule has 2 fully saturated rings. The van der Waals surface area contributed by atoms with Crippen LogP contribution in [0.3, 0.4) is 0 Å². The molecular formula is C17H22ClNO3S. The molecular weight excluding hydrogens is 334 g/mol. The normalized spacial score (nSPS) is 24.7. The van der Waals surface area contributed by atoms with Crippen molar-refractivity contribution in [2.45, 2.75) is 25.7 Å². The third-order valence-corrected chi connectivity index (χ3v) is 6.91. The van der Waals surface area contributed by atoms with Crippen LogP contribution in [-0.4, -0.2) is 43.8 Å². The van der Waals surface area contributed by atoms with Crippen molar-refractivity contribution < 1.29 is 13.2 Å². The van der Waals surface area contributed by atoms with Crippen LogP contribution in [0.15, 0.2) is 24.3 Å². The highest BCUT2D eigenvalue weighted by Gasteiger charge is 2.34. The van der Waals surface area contributed by atoms with Gasteiger partial charge in [-0.25, -0.2) is 8.42 Å². The molecule has 2 aliphatic heterocycles. The summed E-state index contributed by atoms with van der Waals surface area (Å²) in [6.45, 7) is 1.57. The van der Waals surface area contributed by atoms with Gasteiger partial charge in [0.2, 0.25) is 5.91 Å². The summed E-state index contributed by atoms with van der Waals surface area (Å²) in [5, 5.41) is 0.740. The molecule has 2 heterocycles.